The molecule has 0 heterocycles. The van der Waals surface area contributed by atoms with Gasteiger partial charge in [-0.15, -0.1) is 0 Å². The standard InChI is InChI=1S/C10H12BrFO3/c1-5(12)6-4-7(14-2)9(13)8(11)10(6)15-3/h4-5,13H,1-3H3. The molecule has 15 heavy (non-hydrogen) atoms. The highest BCUT2D eigenvalue weighted by Gasteiger charge is 2.20. The van der Waals surface area contributed by atoms with Crippen molar-refractivity contribution in [2.75, 3.05) is 14.2 Å². The number of benzene rings is 1. The smallest absolute Gasteiger partial charge is 0.176 e. The van der Waals surface area contributed by atoms with Gasteiger partial charge in [0.15, 0.2) is 11.5 Å². The minimum absolute atomic E-state index is 0.0984. The Hall–Kier alpha value is -0.970. The summed E-state index contributed by atoms with van der Waals surface area (Å²) in [5, 5.41) is 9.64. The summed E-state index contributed by atoms with van der Waals surface area (Å²) in [6, 6.07) is 1.42. The van der Waals surface area contributed by atoms with Crippen LogP contribution in [0.4, 0.5) is 4.39 Å². The fourth-order valence-corrected chi connectivity index (χ4v) is 1.86. The van der Waals surface area contributed by atoms with Crippen LogP contribution in [0.3, 0.4) is 0 Å². The normalized spacial score (nSPS) is 12.3. The van der Waals surface area contributed by atoms with Crippen molar-refractivity contribution in [3.05, 3.63) is 16.1 Å². The molecule has 0 aliphatic carbocycles. The molecule has 84 valence electrons. The molecule has 1 aromatic rings. The lowest BCUT2D eigenvalue weighted by Gasteiger charge is -2.15. The molecule has 0 saturated carbocycles. The lowest BCUT2D eigenvalue weighted by Crippen LogP contribution is -1.97. The van der Waals surface area contributed by atoms with Gasteiger partial charge >= 0.3 is 0 Å². The third-order valence-electron chi connectivity index (χ3n) is 2.04. The molecule has 3 nitrogen and oxygen atoms in total. The van der Waals surface area contributed by atoms with E-state index in [1.807, 2.05) is 0 Å². The van der Waals surface area contributed by atoms with Crippen LogP contribution in [0.25, 0.3) is 0 Å². The third-order valence-corrected chi connectivity index (χ3v) is 2.78. The van der Waals surface area contributed by atoms with E-state index < -0.39 is 6.17 Å². The maximum Gasteiger partial charge on any atom is 0.176 e. The van der Waals surface area contributed by atoms with Crippen molar-refractivity contribution in [1.82, 2.24) is 0 Å². The molecule has 1 aromatic carbocycles. The third kappa shape index (κ3) is 2.17. The number of hydrogen-bond acceptors (Lipinski definition) is 3. The highest BCUT2D eigenvalue weighted by Crippen LogP contribution is 2.45. The van der Waals surface area contributed by atoms with Gasteiger partial charge < -0.3 is 14.6 Å². The Balaban J connectivity index is 3.44. The summed E-state index contributed by atoms with van der Waals surface area (Å²) in [5.41, 5.74) is 0.332. The van der Waals surface area contributed by atoms with E-state index in [0.717, 1.165) is 0 Å². The average Bonchev–Trinajstić information content (AvgIpc) is 2.21. The molecule has 0 spiro atoms. The minimum Gasteiger partial charge on any atom is -0.503 e. The second kappa shape index (κ2) is 4.70. The largest absolute Gasteiger partial charge is 0.503 e. The van der Waals surface area contributed by atoms with Crippen molar-refractivity contribution in [2.24, 2.45) is 0 Å². The molecule has 0 radical (unpaired) electrons. The fourth-order valence-electron chi connectivity index (χ4n) is 1.28. The van der Waals surface area contributed by atoms with Gasteiger partial charge in [-0.25, -0.2) is 4.39 Å². The Morgan fingerprint density at radius 1 is 1.40 bits per heavy atom. The van der Waals surface area contributed by atoms with Crippen molar-refractivity contribution in [2.45, 2.75) is 13.1 Å². The first-order valence-electron chi connectivity index (χ1n) is 4.30. The van der Waals surface area contributed by atoms with Gasteiger partial charge in [0.1, 0.15) is 16.4 Å². The number of aromatic hydroxyl groups is 1. The monoisotopic (exact) mass is 278 g/mol. The number of ether oxygens (including phenoxy) is 2. The fraction of sp³-hybridized carbons (Fsp3) is 0.400. The lowest BCUT2D eigenvalue weighted by atomic mass is 10.1. The minimum atomic E-state index is -1.20. The quantitative estimate of drug-likeness (QED) is 0.923. The Labute approximate surface area is 95.9 Å². The molecule has 0 aliphatic rings. The SMILES string of the molecule is COc1cc(C(C)F)c(OC)c(Br)c1O. The summed E-state index contributed by atoms with van der Waals surface area (Å²) in [6.45, 7) is 1.39. The Morgan fingerprint density at radius 2 is 2.00 bits per heavy atom. The van der Waals surface area contributed by atoms with Crippen LogP contribution in [0.1, 0.15) is 18.7 Å². The van der Waals surface area contributed by atoms with Gasteiger partial charge in [-0.3, -0.25) is 0 Å². The number of rotatable bonds is 3. The predicted molar refractivity (Wildman–Crippen MR) is 58.4 cm³/mol. The topological polar surface area (TPSA) is 38.7 Å². The van der Waals surface area contributed by atoms with Crippen LogP contribution >= 0.6 is 15.9 Å². The van der Waals surface area contributed by atoms with Gasteiger partial charge in [0.05, 0.1) is 14.2 Å². The number of phenolic OH excluding ortho intramolecular Hbond substituents is 1. The Kier molecular flexibility index (Phi) is 3.79. The molecule has 0 aliphatic heterocycles. The second-order valence-electron chi connectivity index (χ2n) is 2.98. The lowest BCUT2D eigenvalue weighted by molar-refractivity contribution is 0.331. The van der Waals surface area contributed by atoms with Gasteiger partial charge in [-0.05, 0) is 28.9 Å². The second-order valence-corrected chi connectivity index (χ2v) is 3.77. The predicted octanol–water partition coefficient (Wildman–Crippen LogP) is 3.20. The molecular weight excluding hydrogens is 267 g/mol. The van der Waals surface area contributed by atoms with Crippen molar-refractivity contribution in [3.63, 3.8) is 0 Å². The van der Waals surface area contributed by atoms with Crippen LogP contribution in [-0.2, 0) is 0 Å². The van der Waals surface area contributed by atoms with Crippen LogP contribution in [0.15, 0.2) is 10.5 Å². The van der Waals surface area contributed by atoms with Gasteiger partial charge in [0.25, 0.3) is 0 Å². The number of alkyl halides is 1. The van der Waals surface area contributed by atoms with E-state index in [1.165, 1.54) is 27.2 Å². The summed E-state index contributed by atoms with van der Waals surface area (Å²) in [5.74, 6) is 0.393. The average molecular weight is 279 g/mol. The summed E-state index contributed by atoms with van der Waals surface area (Å²) >= 11 is 3.13. The molecule has 1 unspecified atom stereocenters. The molecule has 5 heteroatoms. The van der Waals surface area contributed by atoms with Gasteiger partial charge in [0.2, 0.25) is 0 Å². The molecule has 0 saturated heterocycles. The zero-order valence-electron chi connectivity index (χ0n) is 8.67. The summed E-state index contributed by atoms with van der Waals surface area (Å²) in [4.78, 5) is 0. The molecule has 0 bridgehead atoms. The highest BCUT2D eigenvalue weighted by molar-refractivity contribution is 9.10. The van der Waals surface area contributed by atoms with Crippen LogP contribution in [0.5, 0.6) is 17.2 Å². The first-order chi connectivity index (χ1) is 7.02. The number of phenols is 1. The van der Waals surface area contributed by atoms with Crippen molar-refractivity contribution < 1.29 is 19.0 Å². The number of hydrogen-bond donors (Lipinski definition) is 1. The first kappa shape index (κ1) is 12.1. The zero-order chi connectivity index (χ0) is 11.6. The van der Waals surface area contributed by atoms with Gasteiger partial charge in [-0.2, -0.15) is 0 Å². The van der Waals surface area contributed by atoms with Gasteiger partial charge in [0, 0.05) is 5.56 Å². The van der Waals surface area contributed by atoms with Crippen molar-refractivity contribution >= 4 is 15.9 Å². The molecule has 0 amide bonds. The first-order valence-corrected chi connectivity index (χ1v) is 5.09. The van der Waals surface area contributed by atoms with E-state index in [4.69, 9.17) is 9.47 Å². The summed E-state index contributed by atoms with van der Waals surface area (Å²) in [7, 11) is 2.82. The van der Waals surface area contributed by atoms with E-state index >= 15 is 0 Å². The highest BCUT2D eigenvalue weighted by atomic mass is 79.9. The molecule has 1 rings (SSSR count). The van der Waals surface area contributed by atoms with E-state index in [2.05, 4.69) is 15.9 Å². The van der Waals surface area contributed by atoms with Crippen LogP contribution in [0, 0.1) is 0 Å². The summed E-state index contributed by atoms with van der Waals surface area (Å²) in [6.07, 6.45) is -1.20. The molecule has 1 N–H and O–H groups in total. The number of methoxy groups -OCH3 is 2. The van der Waals surface area contributed by atoms with Crippen molar-refractivity contribution in [1.29, 1.82) is 0 Å². The van der Waals surface area contributed by atoms with Gasteiger partial charge in [-0.1, -0.05) is 0 Å². The zero-order valence-corrected chi connectivity index (χ0v) is 10.3. The maximum absolute atomic E-state index is 13.3. The Morgan fingerprint density at radius 3 is 2.40 bits per heavy atom. The van der Waals surface area contributed by atoms with Crippen LogP contribution in [0.2, 0.25) is 0 Å². The number of halogens is 2. The summed E-state index contributed by atoms with van der Waals surface area (Å²) < 4.78 is 23.5. The van der Waals surface area contributed by atoms with E-state index in [9.17, 15) is 9.50 Å². The molecular formula is C10H12BrFO3. The van der Waals surface area contributed by atoms with E-state index in [0.29, 0.717) is 10.0 Å². The van der Waals surface area contributed by atoms with E-state index in [1.54, 1.807) is 0 Å². The van der Waals surface area contributed by atoms with Crippen LogP contribution < -0.4 is 9.47 Å². The van der Waals surface area contributed by atoms with E-state index in [-0.39, 0.29) is 17.2 Å². The van der Waals surface area contributed by atoms with Crippen molar-refractivity contribution in [3.8, 4) is 17.2 Å². The molecule has 0 aromatic heterocycles. The Bertz CT molecular complexity index is 366. The molecule has 0 fully saturated rings. The van der Waals surface area contributed by atoms with Crippen LogP contribution in [-0.4, -0.2) is 19.3 Å². The maximum atomic E-state index is 13.3. The molecule has 1 atom stereocenters.